The Morgan fingerprint density at radius 1 is 0.971 bits per heavy atom. The lowest BCUT2D eigenvalue weighted by Crippen LogP contribution is -2.54. The second kappa shape index (κ2) is 9.60. The number of carboxylic acid groups (broad SMARTS) is 1. The highest BCUT2D eigenvalue weighted by Crippen LogP contribution is 2.27. The summed E-state index contributed by atoms with van der Waals surface area (Å²) in [5.41, 5.74) is 1.04. The van der Waals surface area contributed by atoms with E-state index in [9.17, 15) is 19.2 Å². The van der Waals surface area contributed by atoms with Crippen molar-refractivity contribution in [2.24, 2.45) is 0 Å². The quantitative estimate of drug-likeness (QED) is 0.405. The van der Waals surface area contributed by atoms with Gasteiger partial charge in [-0.25, -0.2) is 14.5 Å². The van der Waals surface area contributed by atoms with Crippen LogP contribution in [0, 0.1) is 0 Å². The van der Waals surface area contributed by atoms with Gasteiger partial charge in [0.05, 0.1) is 11.3 Å². The van der Waals surface area contributed by atoms with E-state index in [1.165, 1.54) is 30.3 Å². The fourth-order valence-corrected chi connectivity index (χ4v) is 3.49. The molecule has 0 saturated carbocycles. The summed E-state index contributed by atoms with van der Waals surface area (Å²) in [7, 11) is 0. The number of carboxylic acids is 1. The lowest BCUT2D eigenvalue weighted by molar-refractivity contribution is -0.122. The van der Waals surface area contributed by atoms with Gasteiger partial charge < -0.3 is 9.84 Å². The zero-order chi connectivity index (χ0) is 24.2. The number of anilines is 1. The van der Waals surface area contributed by atoms with Gasteiger partial charge in [-0.05, 0) is 42.5 Å². The number of halogens is 1. The van der Waals surface area contributed by atoms with Crippen LogP contribution in [-0.4, -0.2) is 28.9 Å². The fraction of sp³-hybridized carbons (Fsp3) is 0.0400. The maximum atomic E-state index is 13.1. The van der Waals surface area contributed by atoms with E-state index >= 15 is 0 Å². The average molecular weight is 477 g/mol. The van der Waals surface area contributed by atoms with Crippen LogP contribution >= 0.6 is 11.6 Å². The van der Waals surface area contributed by atoms with E-state index in [2.05, 4.69) is 5.32 Å². The number of ether oxygens (including phenoxy) is 1. The highest BCUT2D eigenvalue weighted by Gasteiger charge is 2.37. The summed E-state index contributed by atoms with van der Waals surface area (Å²) in [5.74, 6) is -2.44. The first kappa shape index (κ1) is 22.8. The summed E-state index contributed by atoms with van der Waals surface area (Å²) in [6, 6.07) is 18.2. The molecule has 0 spiro atoms. The first-order chi connectivity index (χ1) is 16.3. The van der Waals surface area contributed by atoms with Gasteiger partial charge in [0.1, 0.15) is 17.9 Å². The third-order valence-electron chi connectivity index (χ3n) is 5.03. The van der Waals surface area contributed by atoms with Crippen molar-refractivity contribution in [1.82, 2.24) is 5.32 Å². The Bertz CT molecular complexity index is 1330. The number of hydrogen-bond donors (Lipinski definition) is 2. The summed E-state index contributed by atoms with van der Waals surface area (Å²) in [5, 5.41) is 11.7. The molecule has 8 nitrogen and oxygen atoms in total. The molecule has 1 aliphatic rings. The molecular weight excluding hydrogens is 460 g/mol. The molecule has 1 fully saturated rings. The fourth-order valence-electron chi connectivity index (χ4n) is 3.30. The first-order valence-electron chi connectivity index (χ1n) is 10.0. The Kier molecular flexibility index (Phi) is 6.42. The summed E-state index contributed by atoms with van der Waals surface area (Å²) in [4.78, 5) is 49.8. The summed E-state index contributed by atoms with van der Waals surface area (Å²) in [6.07, 6.45) is 1.34. The smallest absolute Gasteiger partial charge is 0.335 e. The van der Waals surface area contributed by atoms with Crippen molar-refractivity contribution in [2.45, 2.75) is 6.61 Å². The van der Waals surface area contributed by atoms with Gasteiger partial charge in [0.25, 0.3) is 11.8 Å². The molecule has 2 N–H and O–H groups in total. The summed E-state index contributed by atoms with van der Waals surface area (Å²) < 4.78 is 5.88. The normalized spacial score (nSPS) is 14.8. The van der Waals surface area contributed by atoms with E-state index in [0.29, 0.717) is 16.3 Å². The number of aromatic carboxylic acids is 1. The standard InChI is InChI=1S/C25H17ClN2O6/c26-20-7-3-1-6-17(20)14-34-21-8-4-2-5-16(21)13-19-22(29)27-25(33)28(23(19)30)18-11-9-15(10-12-18)24(31)32/h1-13H,14H2,(H,31,32)(H,27,29,33). The highest BCUT2D eigenvalue weighted by molar-refractivity contribution is 6.39. The maximum Gasteiger partial charge on any atom is 0.335 e. The molecule has 170 valence electrons. The number of amides is 4. The van der Waals surface area contributed by atoms with E-state index < -0.39 is 23.8 Å². The lowest BCUT2D eigenvalue weighted by atomic mass is 10.1. The zero-order valence-corrected chi connectivity index (χ0v) is 18.3. The second-order valence-corrected chi connectivity index (χ2v) is 7.63. The number of urea groups is 1. The number of barbiturate groups is 1. The number of hydrogen-bond acceptors (Lipinski definition) is 5. The molecule has 0 unspecified atom stereocenters. The Morgan fingerprint density at radius 2 is 1.65 bits per heavy atom. The van der Waals surface area contributed by atoms with Crippen molar-refractivity contribution in [1.29, 1.82) is 0 Å². The van der Waals surface area contributed by atoms with Crippen LogP contribution in [0.3, 0.4) is 0 Å². The van der Waals surface area contributed by atoms with E-state index in [4.69, 9.17) is 21.4 Å². The molecule has 9 heteroatoms. The summed E-state index contributed by atoms with van der Waals surface area (Å²) >= 11 is 6.18. The van der Waals surface area contributed by atoms with Crippen LogP contribution in [0.5, 0.6) is 5.75 Å². The van der Waals surface area contributed by atoms with Crippen LogP contribution in [-0.2, 0) is 16.2 Å². The number of nitrogens with zero attached hydrogens (tertiary/aromatic N) is 1. The van der Waals surface area contributed by atoms with Gasteiger partial charge in [-0.3, -0.25) is 14.9 Å². The van der Waals surface area contributed by atoms with E-state index in [-0.39, 0.29) is 23.4 Å². The summed E-state index contributed by atoms with van der Waals surface area (Å²) in [6.45, 7) is 0.167. The number of para-hydroxylation sites is 1. The van der Waals surface area contributed by atoms with Gasteiger partial charge in [0.2, 0.25) is 0 Å². The van der Waals surface area contributed by atoms with Gasteiger partial charge in [-0.1, -0.05) is 48.0 Å². The van der Waals surface area contributed by atoms with Crippen molar-refractivity contribution in [3.63, 3.8) is 0 Å². The number of nitrogens with one attached hydrogen (secondary N) is 1. The molecule has 1 heterocycles. The van der Waals surface area contributed by atoms with Gasteiger partial charge in [-0.15, -0.1) is 0 Å². The second-order valence-electron chi connectivity index (χ2n) is 7.23. The molecule has 0 atom stereocenters. The molecule has 0 bridgehead atoms. The number of benzene rings is 3. The van der Waals surface area contributed by atoms with Gasteiger partial charge in [-0.2, -0.15) is 0 Å². The molecule has 3 aromatic rings. The number of carbonyl (C=O) groups excluding carboxylic acids is 3. The Labute approximate surface area is 199 Å². The minimum absolute atomic E-state index is 0.00921. The van der Waals surface area contributed by atoms with Crippen LogP contribution in [0.4, 0.5) is 10.5 Å². The lowest BCUT2D eigenvalue weighted by Gasteiger charge is -2.26. The maximum absolute atomic E-state index is 13.1. The zero-order valence-electron chi connectivity index (χ0n) is 17.5. The predicted octanol–water partition coefficient (Wildman–Crippen LogP) is 4.28. The van der Waals surface area contributed by atoms with Crippen LogP contribution in [0.25, 0.3) is 6.08 Å². The Morgan fingerprint density at radius 3 is 2.35 bits per heavy atom. The molecule has 4 amide bonds. The topological polar surface area (TPSA) is 113 Å². The molecule has 1 aliphatic heterocycles. The molecule has 0 aliphatic carbocycles. The van der Waals surface area contributed by atoms with Crippen molar-refractivity contribution >= 4 is 47.2 Å². The Balaban J connectivity index is 1.63. The number of rotatable bonds is 6. The van der Waals surface area contributed by atoms with E-state index in [1.54, 1.807) is 36.4 Å². The van der Waals surface area contributed by atoms with Crippen molar-refractivity contribution in [2.75, 3.05) is 4.90 Å². The van der Waals surface area contributed by atoms with Crippen LogP contribution in [0.1, 0.15) is 21.5 Å². The predicted molar refractivity (Wildman–Crippen MR) is 125 cm³/mol. The van der Waals surface area contributed by atoms with Crippen molar-refractivity contribution in [3.8, 4) is 5.75 Å². The van der Waals surface area contributed by atoms with Crippen molar-refractivity contribution < 1.29 is 29.0 Å². The number of imide groups is 2. The SMILES string of the molecule is O=C1NC(=O)N(c2ccc(C(=O)O)cc2)C(=O)C1=Cc1ccccc1OCc1ccccc1Cl. The third-order valence-corrected chi connectivity index (χ3v) is 5.40. The van der Waals surface area contributed by atoms with Crippen molar-refractivity contribution in [3.05, 3.63) is 100 Å². The van der Waals surface area contributed by atoms with E-state index in [1.807, 2.05) is 12.1 Å². The van der Waals surface area contributed by atoms with Gasteiger partial charge in [0.15, 0.2) is 0 Å². The van der Waals surface area contributed by atoms with E-state index in [0.717, 1.165) is 10.5 Å². The molecule has 3 aromatic carbocycles. The van der Waals surface area contributed by atoms with Gasteiger partial charge >= 0.3 is 12.0 Å². The largest absolute Gasteiger partial charge is 0.488 e. The molecular formula is C25H17ClN2O6. The Hall–Kier alpha value is -4.43. The van der Waals surface area contributed by atoms with Gasteiger partial charge in [0, 0.05) is 16.1 Å². The van der Waals surface area contributed by atoms with Crippen LogP contribution in [0.15, 0.2) is 78.4 Å². The first-order valence-corrected chi connectivity index (χ1v) is 10.4. The number of carbonyl (C=O) groups is 4. The highest BCUT2D eigenvalue weighted by atomic mass is 35.5. The average Bonchev–Trinajstić information content (AvgIpc) is 2.82. The molecule has 34 heavy (non-hydrogen) atoms. The molecule has 0 aromatic heterocycles. The molecule has 4 rings (SSSR count). The molecule has 0 radical (unpaired) electrons. The van der Waals surface area contributed by atoms with Crippen LogP contribution < -0.4 is 15.0 Å². The minimum atomic E-state index is -1.15. The third kappa shape index (κ3) is 4.67. The molecule has 1 saturated heterocycles. The minimum Gasteiger partial charge on any atom is -0.488 e. The van der Waals surface area contributed by atoms with Crippen LogP contribution in [0.2, 0.25) is 5.02 Å². The monoisotopic (exact) mass is 476 g/mol.